The highest BCUT2D eigenvalue weighted by molar-refractivity contribution is 9.10. The van der Waals surface area contributed by atoms with Crippen molar-refractivity contribution in [1.29, 1.82) is 0 Å². The number of ether oxygens (including phenoxy) is 1. The lowest BCUT2D eigenvalue weighted by Crippen LogP contribution is -2.30. The van der Waals surface area contributed by atoms with E-state index in [0.29, 0.717) is 5.92 Å². The first-order valence-corrected chi connectivity index (χ1v) is 8.68. The summed E-state index contributed by atoms with van der Waals surface area (Å²) in [5.41, 5.74) is 5.01. The molecule has 0 amide bonds. The van der Waals surface area contributed by atoms with E-state index in [1.165, 1.54) is 22.3 Å². The molecule has 1 aliphatic rings. The highest BCUT2D eigenvalue weighted by atomic mass is 79.9. The van der Waals surface area contributed by atoms with Crippen LogP contribution in [0.2, 0.25) is 0 Å². The topological polar surface area (TPSA) is 9.23 Å². The van der Waals surface area contributed by atoms with Gasteiger partial charge in [-0.1, -0.05) is 44.2 Å². The Labute approximate surface area is 141 Å². The van der Waals surface area contributed by atoms with E-state index in [9.17, 15) is 0 Å². The van der Waals surface area contributed by atoms with Crippen LogP contribution in [0.1, 0.15) is 61.8 Å². The van der Waals surface area contributed by atoms with Gasteiger partial charge in [0.25, 0.3) is 0 Å². The molecule has 1 aliphatic heterocycles. The maximum Gasteiger partial charge on any atom is 0.138 e. The molecule has 1 heterocycles. The van der Waals surface area contributed by atoms with Crippen LogP contribution in [0.5, 0.6) is 5.75 Å². The summed E-state index contributed by atoms with van der Waals surface area (Å²) in [7, 11) is 0. The van der Waals surface area contributed by atoms with Gasteiger partial charge in [0.1, 0.15) is 11.4 Å². The van der Waals surface area contributed by atoms with E-state index in [0.717, 1.165) is 10.2 Å². The summed E-state index contributed by atoms with van der Waals surface area (Å²) in [6, 6.07) is 13.4. The van der Waals surface area contributed by atoms with Crippen LogP contribution >= 0.6 is 15.9 Å². The quantitative estimate of drug-likeness (QED) is 0.622. The third kappa shape index (κ3) is 2.58. The van der Waals surface area contributed by atoms with Crippen LogP contribution in [0, 0.1) is 6.92 Å². The Balaban J connectivity index is 2.10. The SMILES string of the molecule is Cc1cc(Br)c2c(c1)C(c1ccc(C(C)C)cc1)C(C)(C)O2. The third-order valence-corrected chi connectivity index (χ3v) is 5.11. The predicted molar refractivity (Wildman–Crippen MR) is 96.0 cm³/mol. The molecule has 0 aromatic heterocycles. The summed E-state index contributed by atoms with van der Waals surface area (Å²) < 4.78 is 7.33. The average molecular weight is 359 g/mol. The zero-order valence-electron chi connectivity index (χ0n) is 13.9. The molecule has 116 valence electrons. The minimum Gasteiger partial charge on any atom is -0.485 e. The van der Waals surface area contributed by atoms with Crippen molar-refractivity contribution in [2.24, 2.45) is 0 Å². The lowest BCUT2D eigenvalue weighted by Gasteiger charge is -2.27. The zero-order chi connectivity index (χ0) is 16.1. The van der Waals surface area contributed by atoms with Crippen molar-refractivity contribution in [3.05, 3.63) is 63.1 Å². The maximum atomic E-state index is 6.28. The molecule has 0 saturated heterocycles. The molecule has 0 spiro atoms. The number of fused-ring (bicyclic) bond motifs is 1. The standard InChI is InChI=1S/C20H23BrO/c1-12(2)14-6-8-15(9-7-14)18-16-10-13(3)11-17(21)19(16)22-20(18,4)5/h6-12,18H,1-5H3. The fourth-order valence-corrected chi connectivity index (χ4v) is 4.10. The monoisotopic (exact) mass is 358 g/mol. The molecular weight excluding hydrogens is 336 g/mol. The van der Waals surface area contributed by atoms with Crippen molar-refractivity contribution in [1.82, 2.24) is 0 Å². The van der Waals surface area contributed by atoms with Gasteiger partial charge in [-0.3, -0.25) is 0 Å². The lowest BCUT2D eigenvalue weighted by molar-refractivity contribution is 0.121. The summed E-state index contributed by atoms with van der Waals surface area (Å²) in [6.07, 6.45) is 0. The van der Waals surface area contributed by atoms with E-state index in [1.54, 1.807) is 0 Å². The van der Waals surface area contributed by atoms with Crippen LogP contribution in [-0.2, 0) is 0 Å². The number of hydrogen-bond acceptors (Lipinski definition) is 1. The Kier molecular flexibility index (Phi) is 3.84. The Hall–Kier alpha value is -1.28. The second kappa shape index (κ2) is 5.42. The van der Waals surface area contributed by atoms with Gasteiger partial charge in [0.05, 0.1) is 10.4 Å². The smallest absolute Gasteiger partial charge is 0.138 e. The highest BCUT2D eigenvalue weighted by Crippen LogP contribution is 2.51. The molecule has 2 aromatic carbocycles. The number of hydrogen-bond donors (Lipinski definition) is 0. The predicted octanol–water partition coefficient (Wildman–Crippen LogP) is 6.18. The van der Waals surface area contributed by atoms with Gasteiger partial charge in [0.2, 0.25) is 0 Å². The van der Waals surface area contributed by atoms with E-state index in [4.69, 9.17) is 4.74 Å². The molecule has 0 N–H and O–H groups in total. The van der Waals surface area contributed by atoms with Gasteiger partial charge in [-0.15, -0.1) is 0 Å². The van der Waals surface area contributed by atoms with Gasteiger partial charge in [0.15, 0.2) is 0 Å². The molecule has 1 unspecified atom stereocenters. The van der Waals surface area contributed by atoms with E-state index in [1.807, 2.05) is 0 Å². The Morgan fingerprint density at radius 3 is 2.32 bits per heavy atom. The Morgan fingerprint density at radius 2 is 1.73 bits per heavy atom. The van der Waals surface area contributed by atoms with E-state index in [-0.39, 0.29) is 11.5 Å². The van der Waals surface area contributed by atoms with Gasteiger partial charge < -0.3 is 4.74 Å². The molecule has 2 heteroatoms. The van der Waals surface area contributed by atoms with E-state index >= 15 is 0 Å². The van der Waals surface area contributed by atoms with Crippen LogP contribution in [0.4, 0.5) is 0 Å². The van der Waals surface area contributed by atoms with Gasteiger partial charge >= 0.3 is 0 Å². The van der Waals surface area contributed by atoms with Crippen LogP contribution in [0.15, 0.2) is 40.9 Å². The zero-order valence-corrected chi connectivity index (χ0v) is 15.5. The maximum absolute atomic E-state index is 6.28. The summed E-state index contributed by atoms with van der Waals surface area (Å²) in [6.45, 7) is 10.9. The third-order valence-electron chi connectivity index (χ3n) is 4.52. The second-order valence-electron chi connectivity index (χ2n) is 7.12. The van der Waals surface area contributed by atoms with Crippen molar-refractivity contribution >= 4 is 15.9 Å². The number of aryl methyl sites for hydroxylation is 1. The van der Waals surface area contributed by atoms with E-state index in [2.05, 4.69) is 86.9 Å². The molecule has 3 rings (SSSR count). The fraction of sp³-hybridized carbons (Fsp3) is 0.400. The van der Waals surface area contributed by atoms with Crippen molar-refractivity contribution in [2.45, 2.75) is 52.1 Å². The van der Waals surface area contributed by atoms with Crippen LogP contribution < -0.4 is 4.74 Å². The average Bonchev–Trinajstić information content (AvgIpc) is 2.70. The molecule has 0 saturated carbocycles. The van der Waals surface area contributed by atoms with Gasteiger partial charge in [-0.2, -0.15) is 0 Å². The van der Waals surface area contributed by atoms with Crippen molar-refractivity contribution in [3.8, 4) is 5.75 Å². The molecule has 0 aliphatic carbocycles. The summed E-state index contributed by atoms with van der Waals surface area (Å²) in [4.78, 5) is 0. The molecular formula is C20H23BrO. The van der Waals surface area contributed by atoms with Crippen LogP contribution in [0.3, 0.4) is 0 Å². The first kappa shape index (κ1) is 15.6. The molecule has 0 fully saturated rings. The highest BCUT2D eigenvalue weighted by Gasteiger charge is 2.43. The van der Waals surface area contributed by atoms with Gasteiger partial charge in [-0.05, 0) is 65.4 Å². The largest absolute Gasteiger partial charge is 0.485 e. The van der Waals surface area contributed by atoms with Crippen molar-refractivity contribution in [3.63, 3.8) is 0 Å². The molecule has 0 bridgehead atoms. The van der Waals surface area contributed by atoms with Gasteiger partial charge in [-0.25, -0.2) is 0 Å². The first-order chi connectivity index (χ1) is 10.3. The molecule has 1 atom stereocenters. The molecule has 0 radical (unpaired) electrons. The number of benzene rings is 2. The minimum atomic E-state index is -0.238. The van der Waals surface area contributed by atoms with Crippen molar-refractivity contribution in [2.75, 3.05) is 0 Å². The van der Waals surface area contributed by atoms with E-state index < -0.39 is 0 Å². The second-order valence-corrected chi connectivity index (χ2v) is 7.98. The van der Waals surface area contributed by atoms with Crippen LogP contribution in [0.25, 0.3) is 0 Å². The number of rotatable bonds is 2. The van der Waals surface area contributed by atoms with Crippen LogP contribution in [-0.4, -0.2) is 5.60 Å². The molecule has 22 heavy (non-hydrogen) atoms. The van der Waals surface area contributed by atoms with Gasteiger partial charge in [0, 0.05) is 5.56 Å². The minimum absolute atomic E-state index is 0.238. The summed E-state index contributed by atoms with van der Waals surface area (Å²) >= 11 is 3.66. The summed E-state index contributed by atoms with van der Waals surface area (Å²) in [5, 5.41) is 0. The molecule has 2 aromatic rings. The lowest BCUT2D eigenvalue weighted by atomic mass is 9.80. The molecule has 1 nitrogen and oxygen atoms in total. The fourth-order valence-electron chi connectivity index (χ4n) is 3.43. The first-order valence-electron chi connectivity index (χ1n) is 7.88. The number of halogens is 1. The van der Waals surface area contributed by atoms with Crippen molar-refractivity contribution < 1.29 is 4.74 Å². The summed E-state index contributed by atoms with van der Waals surface area (Å²) in [5.74, 6) is 1.82. The normalized spacial score (nSPS) is 19.1. The Bertz CT molecular complexity index is 698. The Morgan fingerprint density at radius 1 is 1.09 bits per heavy atom.